The molecule has 2 heterocycles. The molecule has 0 radical (unpaired) electrons. The molecule has 0 saturated heterocycles. The lowest BCUT2D eigenvalue weighted by Crippen LogP contribution is -1.81. The molecule has 0 aliphatic heterocycles. The molecule has 0 aliphatic rings. The maximum atomic E-state index is 6.35. The first-order chi connectivity index (χ1) is 9.33. The van der Waals surface area contributed by atoms with Crippen molar-refractivity contribution >= 4 is 33.4 Å². The zero-order valence-corrected chi connectivity index (χ0v) is 10.6. The van der Waals surface area contributed by atoms with E-state index in [4.69, 9.17) is 11.6 Å². The molecular formula is C14H9ClN4. The fraction of sp³-hybridized carbons (Fsp3) is 0. The summed E-state index contributed by atoms with van der Waals surface area (Å²) in [6, 6.07) is 11.9. The van der Waals surface area contributed by atoms with Crippen molar-refractivity contribution in [1.29, 1.82) is 0 Å². The normalized spacial score (nSPS) is 11.4. The van der Waals surface area contributed by atoms with Crippen LogP contribution < -0.4 is 0 Å². The first-order valence-corrected chi connectivity index (χ1v) is 6.27. The number of aromatic nitrogens is 4. The second kappa shape index (κ2) is 3.83. The van der Waals surface area contributed by atoms with Crippen LogP contribution >= 0.6 is 11.6 Å². The first kappa shape index (κ1) is 10.6. The molecule has 4 nitrogen and oxygen atoms in total. The lowest BCUT2D eigenvalue weighted by molar-refractivity contribution is 1.12. The molecule has 0 amide bonds. The lowest BCUT2D eigenvalue weighted by atomic mass is 10.1. The Morgan fingerprint density at radius 3 is 2.84 bits per heavy atom. The van der Waals surface area contributed by atoms with Crippen LogP contribution in [0.2, 0.25) is 5.02 Å². The molecule has 0 aliphatic carbocycles. The average Bonchev–Trinajstić information content (AvgIpc) is 3.03. The molecule has 4 rings (SSSR count). The Balaban J connectivity index is 2.05. The molecule has 4 aromatic rings. The number of para-hydroxylation sites is 1. The van der Waals surface area contributed by atoms with Gasteiger partial charge < -0.3 is 0 Å². The molecule has 2 aromatic heterocycles. The molecule has 2 N–H and O–H groups in total. The second-order valence-electron chi connectivity index (χ2n) is 4.41. The summed E-state index contributed by atoms with van der Waals surface area (Å²) in [5.41, 5.74) is 3.70. The SMILES string of the molecule is Clc1cc2[nH]ncc2cc1-c1n[nH]c2ccccc12. The third-order valence-corrected chi connectivity index (χ3v) is 3.57. The maximum absolute atomic E-state index is 6.35. The number of nitrogens with one attached hydrogen (secondary N) is 2. The smallest absolute Gasteiger partial charge is 0.101 e. The minimum Gasteiger partial charge on any atom is -0.278 e. The third kappa shape index (κ3) is 1.54. The molecule has 0 fully saturated rings. The molecule has 5 heteroatoms. The summed E-state index contributed by atoms with van der Waals surface area (Å²) in [5.74, 6) is 0. The third-order valence-electron chi connectivity index (χ3n) is 3.25. The van der Waals surface area contributed by atoms with Crippen LogP contribution in [0.3, 0.4) is 0 Å². The van der Waals surface area contributed by atoms with Crippen molar-refractivity contribution in [3.8, 4) is 11.3 Å². The van der Waals surface area contributed by atoms with Gasteiger partial charge in [-0.2, -0.15) is 10.2 Å². The number of benzene rings is 2. The predicted molar refractivity (Wildman–Crippen MR) is 76.2 cm³/mol. The van der Waals surface area contributed by atoms with Gasteiger partial charge in [0.15, 0.2) is 0 Å². The monoisotopic (exact) mass is 268 g/mol. The summed E-state index contributed by atoms with van der Waals surface area (Å²) in [7, 11) is 0. The van der Waals surface area contributed by atoms with E-state index >= 15 is 0 Å². The van der Waals surface area contributed by atoms with Crippen molar-refractivity contribution in [1.82, 2.24) is 20.4 Å². The highest BCUT2D eigenvalue weighted by Gasteiger charge is 2.12. The van der Waals surface area contributed by atoms with E-state index in [1.807, 2.05) is 36.4 Å². The van der Waals surface area contributed by atoms with E-state index < -0.39 is 0 Å². The fourth-order valence-electron chi connectivity index (χ4n) is 2.32. The zero-order chi connectivity index (χ0) is 12.8. The van der Waals surface area contributed by atoms with E-state index in [2.05, 4.69) is 20.4 Å². The van der Waals surface area contributed by atoms with Crippen molar-refractivity contribution in [2.75, 3.05) is 0 Å². The van der Waals surface area contributed by atoms with Gasteiger partial charge in [-0.05, 0) is 18.2 Å². The van der Waals surface area contributed by atoms with E-state index in [1.165, 1.54) is 0 Å². The highest BCUT2D eigenvalue weighted by atomic mass is 35.5. The average molecular weight is 269 g/mol. The maximum Gasteiger partial charge on any atom is 0.101 e. The van der Waals surface area contributed by atoms with Gasteiger partial charge in [-0.25, -0.2) is 0 Å². The van der Waals surface area contributed by atoms with Gasteiger partial charge in [0.25, 0.3) is 0 Å². The second-order valence-corrected chi connectivity index (χ2v) is 4.81. The molecule has 19 heavy (non-hydrogen) atoms. The highest BCUT2D eigenvalue weighted by molar-refractivity contribution is 6.34. The van der Waals surface area contributed by atoms with Crippen LogP contribution in [0.4, 0.5) is 0 Å². The Bertz CT molecular complexity index is 891. The minimum absolute atomic E-state index is 0.661. The fourth-order valence-corrected chi connectivity index (χ4v) is 2.57. The van der Waals surface area contributed by atoms with E-state index in [0.717, 1.165) is 33.1 Å². The van der Waals surface area contributed by atoms with Crippen LogP contribution in [-0.2, 0) is 0 Å². The van der Waals surface area contributed by atoms with Crippen LogP contribution in [0.1, 0.15) is 0 Å². The molecule has 0 unspecified atom stereocenters. The molecule has 2 aromatic carbocycles. The summed E-state index contributed by atoms with van der Waals surface area (Å²) < 4.78 is 0. The van der Waals surface area contributed by atoms with Gasteiger partial charge in [-0.15, -0.1) is 0 Å². The minimum atomic E-state index is 0.661. The Hall–Kier alpha value is -2.33. The van der Waals surface area contributed by atoms with Crippen LogP contribution in [0.5, 0.6) is 0 Å². The summed E-state index contributed by atoms with van der Waals surface area (Å²) in [4.78, 5) is 0. The Morgan fingerprint density at radius 2 is 1.89 bits per heavy atom. The highest BCUT2D eigenvalue weighted by Crippen LogP contribution is 2.34. The quantitative estimate of drug-likeness (QED) is 0.552. The van der Waals surface area contributed by atoms with Crippen molar-refractivity contribution in [3.63, 3.8) is 0 Å². The predicted octanol–water partition coefficient (Wildman–Crippen LogP) is 3.76. The summed E-state index contributed by atoms with van der Waals surface area (Å²) in [6.45, 7) is 0. The summed E-state index contributed by atoms with van der Waals surface area (Å²) >= 11 is 6.35. The summed E-state index contributed by atoms with van der Waals surface area (Å²) in [6.07, 6.45) is 1.78. The summed E-state index contributed by atoms with van der Waals surface area (Å²) in [5, 5.41) is 17.1. The number of H-pyrrole nitrogens is 2. The van der Waals surface area contributed by atoms with Gasteiger partial charge in [-0.3, -0.25) is 10.2 Å². The van der Waals surface area contributed by atoms with Gasteiger partial charge in [0, 0.05) is 16.3 Å². The van der Waals surface area contributed by atoms with Crippen molar-refractivity contribution in [3.05, 3.63) is 47.6 Å². The van der Waals surface area contributed by atoms with E-state index in [9.17, 15) is 0 Å². The number of halogens is 1. The number of rotatable bonds is 1. The van der Waals surface area contributed by atoms with Crippen molar-refractivity contribution in [2.45, 2.75) is 0 Å². The van der Waals surface area contributed by atoms with E-state index in [1.54, 1.807) is 6.20 Å². The standard InChI is InChI=1S/C14H9ClN4/c15-11-6-13-8(7-16-17-13)5-10(11)14-9-3-1-2-4-12(9)18-19-14/h1-7H,(H,16,17)(H,18,19). The van der Waals surface area contributed by atoms with Crippen molar-refractivity contribution in [2.24, 2.45) is 0 Å². The topological polar surface area (TPSA) is 57.4 Å². The zero-order valence-electron chi connectivity index (χ0n) is 9.81. The van der Waals surface area contributed by atoms with E-state index in [-0.39, 0.29) is 0 Å². The molecule has 92 valence electrons. The van der Waals surface area contributed by atoms with Crippen LogP contribution in [0.15, 0.2) is 42.6 Å². The largest absolute Gasteiger partial charge is 0.278 e. The molecular weight excluding hydrogens is 260 g/mol. The molecule has 0 bridgehead atoms. The van der Waals surface area contributed by atoms with Crippen molar-refractivity contribution < 1.29 is 0 Å². The Morgan fingerprint density at radius 1 is 1.00 bits per heavy atom. The molecule has 0 spiro atoms. The van der Waals surface area contributed by atoms with Crippen LogP contribution in [0.25, 0.3) is 33.1 Å². The van der Waals surface area contributed by atoms with Gasteiger partial charge in [0.2, 0.25) is 0 Å². The lowest BCUT2D eigenvalue weighted by Gasteiger charge is -2.02. The van der Waals surface area contributed by atoms with Crippen LogP contribution in [0, 0.1) is 0 Å². The van der Waals surface area contributed by atoms with Gasteiger partial charge >= 0.3 is 0 Å². The van der Waals surface area contributed by atoms with Crippen LogP contribution in [-0.4, -0.2) is 20.4 Å². The van der Waals surface area contributed by atoms with Gasteiger partial charge in [-0.1, -0.05) is 29.8 Å². The Kier molecular flexibility index (Phi) is 2.13. The number of aromatic amines is 2. The van der Waals surface area contributed by atoms with Gasteiger partial charge in [0.1, 0.15) is 5.69 Å². The van der Waals surface area contributed by atoms with Gasteiger partial charge in [0.05, 0.1) is 22.3 Å². The number of hydrogen-bond donors (Lipinski definition) is 2. The molecule has 0 saturated carbocycles. The number of nitrogens with zero attached hydrogens (tertiary/aromatic N) is 2. The van der Waals surface area contributed by atoms with E-state index in [0.29, 0.717) is 5.02 Å². The number of hydrogen-bond acceptors (Lipinski definition) is 2. The first-order valence-electron chi connectivity index (χ1n) is 5.89. The number of fused-ring (bicyclic) bond motifs is 2. The Labute approximate surface area is 113 Å². The molecule has 0 atom stereocenters.